The molecule has 0 fully saturated rings. The van der Waals surface area contributed by atoms with Gasteiger partial charge in [-0.15, -0.1) is 11.3 Å². The van der Waals surface area contributed by atoms with Gasteiger partial charge in [0.2, 0.25) is 5.78 Å². The van der Waals surface area contributed by atoms with Crippen LogP contribution >= 0.6 is 11.3 Å². The Balaban J connectivity index is 1.79. The molecule has 0 unspecified atom stereocenters. The number of alkyl halides is 2. The summed E-state index contributed by atoms with van der Waals surface area (Å²) in [4.78, 5) is 29.1. The average molecular weight is 362 g/mol. The van der Waals surface area contributed by atoms with Crippen LogP contribution in [-0.4, -0.2) is 21.3 Å². The summed E-state index contributed by atoms with van der Waals surface area (Å²) in [6, 6.07) is 9.63. The first-order valence-corrected chi connectivity index (χ1v) is 8.10. The second kappa shape index (κ2) is 7.35. The summed E-state index contributed by atoms with van der Waals surface area (Å²) in [5.74, 6) is -1.15. The van der Waals surface area contributed by atoms with Crippen molar-refractivity contribution in [2.45, 2.75) is 13.2 Å². The van der Waals surface area contributed by atoms with Gasteiger partial charge in [0.15, 0.2) is 5.82 Å². The van der Waals surface area contributed by atoms with Crippen molar-refractivity contribution in [1.29, 1.82) is 0 Å². The molecule has 8 heteroatoms. The van der Waals surface area contributed by atoms with Gasteiger partial charge in [0, 0.05) is 18.0 Å². The Morgan fingerprint density at radius 1 is 1.16 bits per heavy atom. The van der Waals surface area contributed by atoms with E-state index in [9.17, 15) is 18.4 Å². The molecule has 0 aliphatic carbocycles. The molecular weight excluding hydrogens is 350 g/mol. The fraction of sp³-hybridized carbons (Fsp3) is 0.118. The Morgan fingerprint density at radius 3 is 2.60 bits per heavy atom. The number of ketones is 1. The number of imidazole rings is 1. The van der Waals surface area contributed by atoms with E-state index in [-0.39, 0.29) is 22.7 Å². The molecule has 0 N–H and O–H groups in total. The van der Waals surface area contributed by atoms with Gasteiger partial charge in [0.05, 0.1) is 10.4 Å². The van der Waals surface area contributed by atoms with Gasteiger partial charge in [-0.1, -0.05) is 24.3 Å². The number of hydrogen-bond donors (Lipinski definition) is 0. The number of esters is 1. The number of rotatable bonds is 6. The minimum Gasteiger partial charge on any atom is -0.454 e. The van der Waals surface area contributed by atoms with E-state index in [4.69, 9.17) is 4.74 Å². The average Bonchev–Trinajstić information content (AvgIpc) is 3.30. The third kappa shape index (κ3) is 3.63. The Kier molecular flexibility index (Phi) is 4.99. The van der Waals surface area contributed by atoms with Crippen molar-refractivity contribution in [2.24, 2.45) is 0 Å². The zero-order chi connectivity index (χ0) is 17.8. The summed E-state index contributed by atoms with van der Waals surface area (Å²) < 4.78 is 31.2. The van der Waals surface area contributed by atoms with Crippen LogP contribution in [0.25, 0.3) is 0 Å². The Hall–Kier alpha value is -2.87. The van der Waals surface area contributed by atoms with Crippen LogP contribution in [0, 0.1) is 0 Å². The van der Waals surface area contributed by atoms with Gasteiger partial charge in [-0.2, -0.15) is 8.78 Å². The number of nitrogens with zero attached hydrogens (tertiary/aromatic N) is 2. The molecule has 25 heavy (non-hydrogen) atoms. The molecule has 3 rings (SSSR count). The lowest BCUT2D eigenvalue weighted by Gasteiger charge is -2.09. The van der Waals surface area contributed by atoms with Gasteiger partial charge in [-0.3, -0.25) is 9.36 Å². The van der Waals surface area contributed by atoms with Crippen LogP contribution in [-0.2, 0) is 11.3 Å². The van der Waals surface area contributed by atoms with Crippen LogP contribution in [0.5, 0.6) is 0 Å². The van der Waals surface area contributed by atoms with Gasteiger partial charge in [-0.05, 0) is 17.5 Å². The molecule has 0 saturated heterocycles. The number of benzene rings is 1. The normalized spacial score (nSPS) is 10.8. The second-order valence-corrected chi connectivity index (χ2v) is 5.90. The highest BCUT2D eigenvalue weighted by Gasteiger charge is 2.20. The first kappa shape index (κ1) is 17.0. The van der Waals surface area contributed by atoms with E-state index in [1.807, 2.05) is 0 Å². The smallest absolute Gasteiger partial charge is 0.339 e. The zero-order valence-corrected chi connectivity index (χ0v) is 13.6. The van der Waals surface area contributed by atoms with Crippen molar-refractivity contribution >= 4 is 23.1 Å². The number of thiophene rings is 1. The molecule has 0 spiro atoms. The van der Waals surface area contributed by atoms with Crippen LogP contribution in [0.3, 0.4) is 0 Å². The molecule has 1 aromatic carbocycles. The predicted octanol–water partition coefficient (Wildman–Crippen LogP) is 3.93. The molecule has 0 atom stereocenters. The lowest BCUT2D eigenvalue weighted by molar-refractivity contribution is 0.0374. The van der Waals surface area contributed by atoms with Crippen LogP contribution in [0.15, 0.2) is 54.2 Å². The minimum atomic E-state index is -2.77. The largest absolute Gasteiger partial charge is 0.454 e. The standard InChI is InChI=1S/C17H12F2N2O3S/c18-17(19)21-8-7-20-14(21)10-24-16(23)12-5-2-1-4-11(12)15(22)13-6-3-9-25-13/h1-9,17H,10H2. The molecule has 0 amide bonds. The molecular formula is C17H12F2N2O3S. The first-order valence-electron chi connectivity index (χ1n) is 7.22. The maximum absolute atomic E-state index is 12.8. The van der Waals surface area contributed by atoms with Crippen molar-refractivity contribution in [1.82, 2.24) is 9.55 Å². The molecule has 128 valence electrons. The Morgan fingerprint density at radius 2 is 1.92 bits per heavy atom. The number of halogens is 2. The molecule has 0 bridgehead atoms. The predicted molar refractivity (Wildman–Crippen MR) is 86.8 cm³/mol. The molecule has 0 aliphatic heterocycles. The highest BCUT2D eigenvalue weighted by atomic mass is 32.1. The van der Waals surface area contributed by atoms with Crippen LogP contribution in [0.2, 0.25) is 0 Å². The summed E-state index contributed by atoms with van der Waals surface area (Å²) in [5.41, 5.74) is 0.281. The van der Waals surface area contributed by atoms with Crippen LogP contribution < -0.4 is 0 Å². The number of carbonyl (C=O) groups excluding carboxylic acids is 2. The van der Waals surface area contributed by atoms with Crippen molar-refractivity contribution < 1.29 is 23.1 Å². The quantitative estimate of drug-likeness (QED) is 0.492. The third-order valence-corrected chi connectivity index (χ3v) is 4.30. The maximum Gasteiger partial charge on any atom is 0.339 e. The maximum atomic E-state index is 12.8. The summed E-state index contributed by atoms with van der Waals surface area (Å²) >= 11 is 1.26. The number of hydrogen-bond acceptors (Lipinski definition) is 5. The van der Waals surface area contributed by atoms with Gasteiger partial charge in [0.25, 0.3) is 0 Å². The van der Waals surface area contributed by atoms with E-state index < -0.39 is 19.1 Å². The van der Waals surface area contributed by atoms with Gasteiger partial charge in [0.1, 0.15) is 6.61 Å². The monoisotopic (exact) mass is 362 g/mol. The van der Waals surface area contributed by atoms with E-state index >= 15 is 0 Å². The fourth-order valence-electron chi connectivity index (χ4n) is 2.24. The molecule has 2 heterocycles. The van der Waals surface area contributed by atoms with Crippen molar-refractivity contribution in [2.75, 3.05) is 0 Å². The number of ether oxygens (including phenoxy) is 1. The Bertz CT molecular complexity index is 891. The molecule has 3 aromatic rings. The minimum absolute atomic E-state index is 0.0783. The van der Waals surface area contributed by atoms with E-state index in [1.54, 1.807) is 29.6 Å². The van der Waals surface area contributed by atoms with E-state index in [0.717, 1.165) is 6.20 Å². The van der Waals surface area contributed by atoms with Gasteiger partial charge < -0.3 is 4.74 Å². The van der Waals surface area contributed by atoms with E-state index in [2.05, 4.69) is 4.98 Å². The highest BCUT2D eigenvalue weighted by Crippen LogP contribution is 2.20. The second-order valence-electron chi connectivity index (χ2n) is 4.96. The lowest BCUT2D eigenvalue weighted by atomic mass is 10.0. The lowest BCUT2D eigenvalue weighted by Crippen LogP contribution is -2.14. The van der Waals surface area contributed by atoms with Crippen molar-refractivity contribution in [3.05, 3.63) is 76.0 Å². The van der Waals surface area contributed by atoms with E-state index in [0.29, 0.717) is 9.44 Å². The summed E-state index contributed by atoms with van der Waals surface area (Å²) in [6.45, 7) is -3.19. The zero-order valence-electron chi connectivity index (χ0n) is 12.8. The van der Waals surface area contributed by atoms with Gasteiger partial charge in [-0.25, -0.2) is 9.78 Å². The van der Waals surface area contributed by atoms with Gasteiger partial charge >= 0.3 is 12.5 Å². The third-order valence-electron chi connectivity index (χ3n) is 3.43. The van der Waals surface area contributed by atoms with E-state index in [1.165, 1.54) is 29.7 Å². The Labute approximate surface area is 145 Å². The molecule has 5 nitrogen and oxygen atoms in total. The van der Waals surface area contributed by atoms with Crippen molar-refractivity contribution in [3.63, 3.8) is 0 Å². The highest BCUT2D eigenvalue weighted by molar-refractivity contribution is 7.12. The summed E-state index contributed by atoms with van der Waals surface area (Å²) in [5, 5.41) is 1.76. The summed E-state index contributed by atoms with van der Waals surface area (Å²) in [7, 11) is 0. The first-order chi connectivity index (χ1) is 12.1. The summed E-state index contributed by atoms with van der Waals surface area (Å²) in [6.07, 6.45) is 2.30. The topological polar surface area (TPSA) is 61.2 Å². The van der Waals surface area contributed by atoms with Crippen molar-refractivity contribution in [3.8, 4) is 0 Å². The molecule has 0 radical (unpaired) electrons. The van der Waals surface area contributed by atoms with Crippen LogP contribution in [0.4, 0.5) is 8.78 Å². The molecule has 0 aliphatic rings. The number of carbonyl (C=O) groups is 2. The number of aromatic nitrogens is 2. The fourth-order valence-corrected chi connectivity index (χ4v) is 2.92. The van der Waals surface area contributed by atoms with Crippen LogP contribution in [0.1, 0.15) is 38.0 Å². The molecule has 0 saturated carbocycles. The molecule has 2 aromatic heterocycles. The SMILES string of the molecule is O=C(OCc1nccn1C(F)F)c1ccccc1C(=O)c1cccs1.